The summed E-state index contributed by atoms with van der Waals surface area (Å²) < 4.78 is 4.93. The molecule has 0 unspecified atom stereocenters. The second-order valence-corrected chi connectivity index (χ2v) is 5.91. The van der Waals surface area contributed by atoms with Gasteiger partial charge in [0.25, 0.3) is 5.91 Å². The molecule has 7 heteroatoms. The van der Waals surface area contributed by atoms with Gasteiger partial charge in [-0.2, -0.15) is 0 Å². The van der Waals surface area contributed by atoms with Gasteiger partial charge in [0.2, 0.25) is 0 Å². The normalized spacial score (nSPS) is 10.5. The van der Waals surface area contributed by atoms with Gasteiger partial charge in [0.15, 0.2) is 0 Å². The molecule has 138 valence electrons. The SMILES string of the molecule is CCOC(=O)c1ccc(NC(=O)c2cc(NCCN(C)C)ccn2)cc1. The number of rotatable bonds is 8. The van der Waals surface area contributed by atoms with Crippen LogP contribution in [-0.2, 0) is 4.74 Å². The quantitative estimate of drug-likeness (QED) is 0.707. The topological polar surface area (TPSA) is 83.6 Å². The molecule has 0 spiro atoms. The van der Waals surface area contributed by atoms with E-state index in [1.807, 2.05) is 20.2 Å². The maximum atomic E-state index is 12.4. The third-order valence-electron chi connectivity index (χ3n) is 3.53. The van der Waals surface area contributed by atoms with E-state index < -0.39 is 0 Å². The van der Waals surface area contributed by atoms with E-state index in [0.29, 0.717) is 23.6 Å². The van der Waals surface area contributed by atoms with E-state index in [-0.39, 0.29) is 11.9 Å². The van der Waals surface area contributed by atoms with Crippen LogP contribution in [0, 0.1) is 0 Å². The van der Waals surface area contributed by atoms with Crippen molar-refractivity contribution in [3.63, 3.8) is 0 Å². The van der Waals surface area contributed by atoms with Crippen LogP contribution >= 0.6 is 0 Å². The van der Waals surface area contributed by atoms with Gasteiger partial charge in [0, 0.05) is 30.7 Å². The van der Waals surface area contributed by atoms with Crippen molar-refractivity contribution in [2.75, 3.05) is 44.4 Å². The van der Waals surface area contributed by atoms with Crippen LogP contribution in [0.25, 0.3) is 0 Å². The average Bonchev–Trinajstić information content (AvgIpc) is 2.62. The fourth-order valence-electron chi connectivity index (χ4n) is 2.19. The minimum absolute atomic E-state index is 0.314. The molecule has 0 aliphatic rings. The summed E-state index contributed by atoms with van der Waals surface area (Å²) in [6.45, 7) is 3.73. The highest BCUT2D eigenvalue weighted by Gasteiger charge is 2.10. The number of carbonyl (C=O) groups is 2. The molecule has 1 aromatic heterocycles. The zero-order chi connectivity index (χ0) is 18.9. The first kappa shape index (κ1) is 19.4. The molecule has 2 rings (SSSR count). The molecule has 0 saturated heterocycles. The first-order chi connectivity index (χ1) is 12.5. The number of aromatic nitrogens is 1. The maximum absolute atomic E-state index is 12.4. The molecular weight excluding hydrogens is 332 g/mol. The van der Waals surface area contributed by atoms with Crippen molar-refractivity contribution in [1.82, 2.24) is 9.88 Å². The van der Waals surface area contributed by atoms with Crippen molar-refractivity contribution >= 4 is 23.3 Å². The number of anilines is 2. The average molecular weight is 356 g/mol. The fraction of sp³-hybridized carbons (Fsp3) is 0.316. The van der Waals surface area contributed by atoms with Crippen LogP contribution in [0.4, 0.5) is 11.4 Å². The van der Waals surface area contributed by atoms with E-state index in [1.54, 1.807) is 43.5 Å². The van der Waals surface area contributed by atoms with Crippen LogP contribution < -0.4 is 10.6 Å². The van der Waals surface area contributed by atoms with Crippen molar-refractivity contribution < 1.29 is 14.3 Å². The van der Waals surface area contributed by atoms with Crippen LogP contribution in [0.15, 0.2) is 42.6 Å². The summed E-state index contributed by atoms with van der Waals surface area (Å²) in [7, 11) is 4.00. The van der Waals surface area contributed by atoms with Crippen molar-refractivity contribution in [1.29, 1.82) is 0 Å². The van der Waals surface area contributed by atoms with Gasteiger partial charge in [-0.3, -0.25) is 9.78 Å². The van der Waals surface area contributed by atoms with Crippen molar-refractivity contribution in [3.8, 4) is 0 Å². The summed E-state index contributed by atoms with van der Waals surface area (Å²) in [5.74, 6) is -0.700. The molecule has 2 N–H and O–H groups in total. The zero-order valence-corrected chi connectivity index (χ0v) is 15.3. The zero-order valence-electron chi connectivity index (χ0n) is 15.3. The molecule has 0 bridgehead atoms. The van der Waals surface area contributed by atoms with Gasteiger partial charge < -0.3 is 20.3 Å². The van der Waals surface area contributed by atoms with Crippen LogP contribution in [0.1, 0.15) is 27.8 Å². The number of pyridine rings is 1. The Kier molecular flexibility index (Phi) is 7.11. The third kappa shape index (κ3) is 5.86. The molecule has 2 aromatic rings. The van der Waals surface area contributed by atoms with Gasteiger partial charge >= 0.3 is 5.97 Å². The number of likely N-dealkylation sites (N-methyl/N-ethyl adjacent to an activating group) is 1. The molecule has 0 aliphatic heterocycles. The minimum Gasteiger partial charge on any atom is -0.462 e. The highest BCUT2D eigenvalue weighted by Crippen LogP contribution is 2.13. The summed E-state index contributed by atoms with van der Waals surface area (Å²) in [6.07, 6.45) is 1.59. The number of hydrogen-bond acceptors (Lipinski definition) is 6. The van der Waals surface area contributed by atoms with Gasteiger partial charge in [-0.05, 0) is 57.4 Å². The van der Waals surface area contributed by atoms with Crippen LogP contribution in [0.5, 0.6) is 0 Å². The smallest absolute Gasteiger partial charge is 0.338 e. The number of carbonyl (C=O) groups excluding carboxylic acids is 2. The monoisotopic (exact) mass is 356 g/mol. The molecule has 1 amide bonds. The molecule has 0 fully saturated rings. The molecule has 0 radical (unpaired) electrons. The lowest BCUT2D eigenvalue weighted by Crippen LogP contribution is -2.21. The van der Waals surface area contributed by atoms with E-state index in [9.17, 15) is 9.59 Å². The molecule has 0 aliphatic carbocycles. The Hall–Kier alpha value is -2.93. The fourth-order valence-corrected chi connectivity index (χ4v) is 2.19. The van der Waals surface area contributed by atoms with E-state index >= 15 is 0 Å². The van der Waals surface area contributed by atoms with E-state index in [1.165, 1.54) is 0 Å². The first-order valence-corrected chi connectivity index (χ1v) is 8.42. The van der Waals surface area contributed by atoms with Gasteiger partial charge in [-0.1, -0.05) is 0 Å². The van der Waals surface area contributed by atoms with Crippen LogP contribution in [0.3, 0.4) is 0 Å². The number of hydrogen-bond donors (Lipinski definition) is 2. The highest BCUT2D eigenvalue weighted by atomic mass is 16.5. The summed E-state index contributed by atoms with van der Waals surface area (Å²) in [4.78, 5) is 30.2. The third-order valence-corrected chi connectivity index (χ3v) is 3.53. The van der Waals surface area contributed by atoms with Gasteiger partial charge in [-0.25, -0.2) is 4.79 Å². The van der Waals surface area contributed by atoms with Crippen LogP contribution in [0.2, 0.25) is 0 Å². The summed E-state index contributed by atoms with van der Waals surface area (Å²) >= 11 is 0. The molecule has 26 heavy (non-hydrogen) atoms. The lowest BCUT2D eigenvalue weighted by molar-refractivity contribution is 0.0526. The lowest BCUT2D eigenvalue weighted by Gasteiger charge is -2.12. The predicted octanol–water partition coefficient (Wildman–Crippen LogP) is 2.48. The molecule has 1 aromatic carbocycles. The molecule has 0 saturated carbocycles. The second-order valence-electron chi connectivity index (χ2n) is 5.91. The van der Waals surface area contributed by atoms with Gasteiger partial charge in [0.05, 0.1) is 12.2 Å². The largest absolute Gasteiger partial charge is 0.462 e. The number of nitrogens with zero attached hydrogens (tertiary/aromatic N) is 2. The number of ether oxygens (including phenoxy) is 1. The van der Waals surface area contributed by atoms with Gasteiger partial charge in [-0.15, -0.1) is 0 Å². The molecule has 1 heterocycles. The summed E-state index contributed by atoms with van der Waals surface area (Å²) in [5, 5.41) is 6.02. The lowest BCUT2D eigenvalue weighted by atomic mass is 10.2. The van der Waals surface area contributed by atoms with Gasteiger partial charge in [0.1, 0.15) is 5.69 Å². The molecule has 7 nitrogen and oxygen atoms in total. The van der Waals surface area contributed by atoms with E-state index in [4.69, 9.17) is 4.74 Å². The number of nitrogens with one attached hydrogen (secondary N) is 2. The van der Waals surface area contributed by atoms with E-state index in [2.05, 4.69) is 20.5 Å². The number of esters is 1. The Bertz CT molecular complexity index is 745. The van der Waals surface area contributed by atoms with Crippen molar-refractivity contribution in [2.45, 2.75) is 6.92 Å². The highest BCUT2D eigenvalue weighted by molar-refractivity contribution is 6.03. The van der Waals surface area contributed by atoms with Crippen molar-refractivity contribution in [2.24, 2.45) is 0 Å². The maximum Gasteiger partial charge on any atom is 0.338 e. The van der Waals surface area contributed by atoms with Crippen molar-refractivity contribution in [3.05, 3.63) is 53.9 Å². The minimum atomic E-state index is -0.386. The Morgan fingerprint density at radius 1 is 1.12 bits per heavy atom. The molecule has 0 atom stereocenters. The molecular formula is C19H24N4O3. The Balaban J connectivity index is 1.97. The Morgan fingerprint density at radius 2 is 1.85 bits per heavy atom. The predicted molar refractivity (Wildman–Crippen MR) is 102 cm³/mol. The Labute approximate surface area is 153 Å². The van der Waals surface area contributed by atoms with E-state index in [0.717, 1.165) is 18.8 Å². The summed E-state index contributed by atoms with van der Waals surface area (Å²) in [5.41, 5.74) is 2.17. The number of benzene rings is 1. The Morgan fingerprint density at radius 3 is 2.50 bits per heavy atom. The van der Waals surface area contributed by atoms with Crippen LogP contribution in [-0.4, -0.2) is 55.6 Å². The second kappa shape index (κ2) is 9.53. The summed E-state index contributed by atoms with van der Waals surface area (Å²) in [6, 6.07) is 10.1. The first-order valence-electron chi connectivity index (χ1n) is 8.42. The standard InChI is InChI=1S/C19H24N4O3/c1-4-26-19(25)14-5-7-15(8-6-14)22-18(24)17-13-16(9-10-21-17)20-11-12-23(2)3/h5-10,13H,4,11-12H2,1-3H3,(H,20,21)(H,22,24). The number of amides is 1.